The van der Waals surface area contributed by atoms with Gasteiger partial charge < -0.3 is 10.6 Å². The molecule has 0 saturated heterocycles. The predicted molar refractivity (Wildman–Crippen MR) is 97.0 cm³/mol. The van der Waals surface area contributed by atoms with Crippen LogP contribution in [0.25, 0.3) is 0 Å². The quantitative estimate of drug-likeness (QED) is 0.568. The average molecular weight is 326 g/mol. The Kier molecular flexibility index (Phi) is 8.42. The van der Waals surface area contributed by atoms with Gasteiger partial charge in [-0.2, -0.15) is 0 Å². The number of guanidine groups is 1. The van der Waals surface area contributed by atoms with Gasteiger partial charge in [0.15, 0.2) is 5.96 Å². The van der Waals surface area contributed by atoms with Crippen molar-refractivity contribution < 1.29 is 0 Å². The summed E-state index contributed by atoms with van der Waals surface area (Å²) in [5.41, 5.74) is 1.15. The second-order valence-electron chi connectivity index (χ2n) is 5.45. The molecule has 5 nitrogen and oxygen atoms in total. The number of likely N-dealkylation sites (N-methyl/N-ethyl adjacent to an activating group) is 1. The molecule has 1 rings (SSSR count). The van der Waals surface area contributed by atoms with Gasteiger partial charge in [0.2, 0.25) is 0 Å². The number of nitrogens with one attached hydrogen (secondary N) is 2. The second-order valence-corrected chi connectivity index (χ2v) is 6.74. The lowest BCUT2D eigenvalue weighted by Gasteiger charge is -2.27. The van der Waals surface area contributed by atoms with E-state index in [1.807, 2.05) is 7.05 Å². The first-order chi connectivity index (χ1) is 10.5. The maximum absolute atomic E-state index is 4.56. The van der Waals surface area contributed by atoms with Gasteiger partial charge in [-0.1, -0.05) is 13.8 Å². The number of aromatic nitrogens is 1. The molecule has 0 bridgehead atoms. The van der Waals surface area contributed by atoms with E-state index in [0.29, 0.717) is 6.04 Å². The molecule has 0 aliphatic carbocycles. The summed E-state index contributed by atoms with van der Waals surface area (Å²) in [5, 5.41) is 7.95. The molecule has 126 valence electrons. The number of aryl methyl sites for hydroxylation is 2. The first kappa shape index (κ1) is 18.9. The number of hydrogen-bond acceptors (Lipinski definition) is 4. The fourth-order valence-electron chi connectivity index (χ4n) is 2.37. The third-order valence-corrected chi connectivity index (χ3v) is 5.06. The van der Waals surface area contributed by atoms with Gasteiger partial charge in [-0.15, -0.1) is 11.3 Å². The first-order valence-corrected chi connectivity index (χ1v) is 8.94. The summed E-state index contributed by atoms with van der Waals surface area (Å²) < 4.78 is 0. The molecule has 0 saturated carbocycles. The van der Waals surface area contributed by atoms with Crippen LogP contribution in [0.4, 0.5) is 0 Å². The summed E-state index contributed by atoms with van der Waals surface area (Å²) in [6.07, 6.45) is 0.936. The van der Waals surface area contributed by atoms with E-state index in [2.05, 4.69) is 60.1 Å². The van der Waals surface area contributed by atoms with Crippen LogP contribution in [0.3, 0.4) is 0 Å². The number of nitrogens with zero attached hydrogens (tertiary/aromatic N) is 3. The second kappa shape index (κ2) is 9.79. The van der Waals surface area contributed by atoms with Gasteiger partial charge in [-0.25, -0.2) is 4.98 Å². The maximum Gasteiger partial charge on any atom is 0.191 e. The summed E-state index contributed by atoms with van der Waals surface area (Å²) in [5.74, 6) is 0.865. The minimum absolute atomic E-state index is 0.498. The third kappa shape index (κ3) is 5.93. The number of aliphatic imine (C=N–C) groups is 1. The molecule has 0 aliphatic rings. The van der Waals surface area contributed by atoms with E-state index < -0.39 is 0 Å². The molecule has 0 amide bonds. The van der Waals surface area contributed by atoms with Crippen LogP contribution in [0.15, 0.2) is 4.99 Å². The van der Waals surface area contributed by atoms with Crippen molar-refractivity contribution in [2.24, 2.45) is 4.99 Å². The smallest absolute Gasteiger partial charge is 0.191 e. The summed E-state index contributed by atoms with van der Waals surface area (Å²) >= 11 is 1.78. The van der Waals surface area contributed by atoms with Gasteiger partial charge in [0.1, 0.15) is 0 Å². The van der Waals surface area contributed by atoms with E-state index in [1.54, 1.807) is 11.3 Å². The molecule has 6 heteroatoms. The molecule has 1 unspecified atom stereocenters. The SMILES string of the molecule is CCN(CC)C(C)CNC(=NC)NCCc1nc(C)c(C)s1. The molecular weight excluding hydrogens is 294 g/mol. The van der Waals surface area contributed by atoms with Crippen LogP contribution in [0.5, 0.6) is 0 Å². The largest absolute Gasteiger partial charge is 0.356 e. The zero-order valence-corrected chi connectivity index (χ0v) is 15.7. The Morgan fingerprint density at radius 3 is 2.45 bits per heavy atom. The van der Waals surface area contributed by atoms with E-state index in [4.69, 9.17) is 0 Å². The summed E-state index contributed by atoms with van der Waals surface area (Å²) in [6.45, 7) is 14.7. The van der Waals surface area contributed by atoms with Gasteiger partial charge in [-0.3, -0.25) is 9.89 Å². The molecule has 1 aromatic heterocycles. The zero-order chi connectivity index (χ0) is 16.5. The number of thiazole rings is 1. The summed E-state index contributed by atoms with van der Waals surface area (Å²) in [6, 6.07) is 0.498. The molecule has 1 heterocycles. The van der Waals surface area contributed by atoms with E-state index in [9.17, 15) is 0 Å². The molecule has 0 fully saturated rings. The fraction of sp³-hybridized carbons (Fsp3) is 0.750. The molecule has 22 heavy (non-hydrogen) atoms. The molecule has 0 spiro atoms. The van der Waals surface area contributed by atoms with Crippen LogP contribution >= 0.6 is 11.3 Å². The van der Waals surface area contributed by atoms with E-state index >= 15 is 0 Å². The normalized spacial score (nSPS) is 13.5. The van der Waals surface area contributed by atoms with E-state index in [0.717, 1.165) is 44.3 Å². The number of rotatable bonds is 8. The van der Waals surface area contributed by atoms with Crippen LogP contribution in [-0.4, -0.2) is 55.1 Å². The molecule has 1 atom stereocenters. The van der Waals surface area contributed by atoms with Gasteiger partial charge in [0.25, 0.3) is 0 Å². The minimum Gasteiger partial charge on any atom is -0.356 e. The molecule has 0 aliphatic heterocycles. The summed E-state index contributed by atoms with van der Waals surface area (Å²) in [4.78, 5) is 12.6. The molecule has 1 aromatic rings. The Hall–Kier alpha value is -1.14. The van der Waals surface area contributed by atoms with Gasteiger partial charge >= 0.3 is 0 Å². The highest BCUT2D eigenvalue weighted by Gasteiger charge is 2.10. The maximum atomic E-state index is 4.56. The molecule has 2 N–H and O–H groups in total. The van der Waals surface area contributed by atoms with Gasteiger partial charge in [0.05, 0.1) is 10.7 Å². The van der Waals surface area contributed by atoms with Crippen molar-refractivity contribution in [2.45, 2.75) is 47.1 Å². The Morgan fingerprint density at radius 1 is 1.27 bits per heavy atom. The highest BCUT2D eigenvalue weighted by molar-refractivity contribution is 7.11. The minimum atomic E-state index is 0.498. The van der Waals surface area contributed by atoms with Crippen LogP contribution in [0.1, 0.15) is 36.3 Å². The van der Waals surface area contributed by atoms with Crippen LogP contribution in [0, 0.1) is 13.8 Å². The van der Waals surface area contributed by atoms with Crippen molar-refractivity contribution in [2.75, 3.05) is 33.2 Å². The predicted octanol–water partition coefficient (Wildman–Crippen LogP) is 2.20. The monoisotopic (exact) mass is 325 g/mol. The van der Waals surface area contributed by atoms with Crippen molar-refractivity contribution in [1.82, 2.24) is 20.5 Å². The Labute approximate surface area is 139 Å². The topological polar surface area (TPSA) is 52.5 Å². The van der Waals surface area contributed by atoms with Crippen LogP contribution < -0.4 is 10.6 Å². The highest BCUT2D eigenvalue weighted by atomic mass is 32.1. The van der Waals surface area contributed by atoms with Crippen molar-refractivity contribution in [3.05, 3.63) is 15.6 Å². The van der Waals surface area contributed by atoms with Crippen molar-refractivity contribution >= 4 is 17.3 Å². The fourth-order valence-corrected chi connectivity index (χ4v) is 3.31. The lowest BCUT2D eigenvalue weighted by molar-refractivity contribution is 0.231. The lowest BCUT2D eigenvalue weighted by Crippen LogP contribution is -2.46. The highest BCUT2D eigenvalue weighted by Crippen LogP contribution is 2.16. The standard InChI is InChI=1S/C16H31N5S/c1-7-21(8-2)12(3)11-19-16(17-6)18-10-9-15-20-13(4)14(5)22-15/h12H,7-11H2,1-6H3,(H2,17,18,19). The lowest BCUT2D eigenvalue weighted by atomic mass is 10.3. The molecule has 0 aromatic carbocycles. The molecule has 0 radical (unpaired) electrons. The number of hydrogen-bond donors (Lipinski definition) is 2. The Morgan fingerprint density at radius 2 is 1.95 bits per heavy atom. The average Bonchev–Trinajstić information content (AvgIpc) is 2.82. The Balaban J connectivity index is 2.33. The van der Waals surface area contributed by atoms with Gasteiger partial charge in [0, 0.05) is 37.5 Å². The van der Waals surface area contributed by atoms with E-state index in [-0.39, 0.29) is 0 Å². The van der Waals surface area contributed by atoms with Crippen LogP contribution in [-0.2, 0) is 6.42 Å². The van der Waals surface area contributed by atoms with Crippen molar-refractivity contribution in [3.8, 4) is 0 Å². The Bertz CT molecular complexity index is 446. The zero-order valence-electron chi connectivity index (χ0n) is 14.9. The summed E-state index contributed by atoms with van der Waals surface area (Å²) in [7, 11) is 1.81. The molecular formula is C16H31N5S. The first-order valence-electron chi connectivity index (χ1n) is 8.13. The third-order valence-electron chi connectivity index (χ3n) is 3.93. The van der Waals surface area contributed by atoms with Crippen molar-refractivity contribution in [1.29, 1.82) is 0 Å². The van der Waals surface area contributed by atoms with Gasteiger partial charge in [-0.05, 0) is 33.9 Å². The van der Waals surface area contributed by atoms with Crippen molar-refractivity contribution in [3.63, 3.8) is 0 Å². The van der Waals surface area contributed by atoms with Crippen LogP contribution in [0.2, 0.25) is 0 Å². The van der Waals surface area contributed by atoms with E-state index in [1.165, 1.54) is 9.88 Å².